The third kappa shape index (κ3) is 39.9. The van der Waals surface area contributed by atoms with Gasteiger partial charge < -0.3 is 23.8 Å². The second-order valence-electron chi connectivity index (χ2n) is 16.6. The van der Waals surface area contributed by atoms with E-state index in [4.69, 9.17) is 14.2 Å². The summed E-state index contributed by atoms with van der Waals surface area (Å²) in [5, 5.41) is 9.63. The number of esters is 2. The lowest BCUT2D eigenvalue weighted by Gasteiger charge is -2.31. The number of carbonyl (C=O) groups excluding carboxylic acids is 2. The first kappa shape index (κ1) is 56.5. The molecule has 0 rings (SSSR count). The number of unbranched alkanes of at least 4 members (excludes halogenated alkanes) is 13. The Labute approximate surface area is 367 Å². The Morgan fingerprint density at radius 3 is 1.30 bits per heavy atom. The first-order chi connectivity index (χ1) is 29.1. The van der Waals surface area contributed by atoms with Gasteiger partial charge in [0, 0.05) is 19.3 Å². The molecule has 2 unspecified atom stereocenters. The van der Waals surface area contributed by atoms with Crippen molar-refractivity contribution in [1.29, 1.82) is 0 Å². The molecule has 0 aromatic heterocycles. The van der Waals surface area contributed by atoms with Crippen LogP contribution in [0.2, 0.25) is 0 Å². The number of carboxylic acids is 1. The third-order valence-corrected chi connectivity index (χ3v) is 10.0. The monoisotopic (exact) mass is 839 g/mol. The highest BCUT2D eigenvalue weighted by Gasteiger charge is 2.31. The van der Waals surface area contributed by atoms with E-state index >= 15 is 0 Å². The van der Waals surface area contributed by atoms with Gasteiger partial charge in [-0.2, -0.15) is 0 Å². The van der Waals surface area contributed by atoms with Crippen LogP contribution in [0, 0.1) is 0 Å². The number of aliphatic carboxylic acids is 1. The van der Waals surface area contributed by atoms with Crippen LogP contribution in [0.4, 0.5) is 0 Å². The maximum Gasteiger partial charge on any atom is 0.362 e. The fourth-order valence-corrected chi connectivity index (χ4v) is 6.45. The molecule has 0 radical (unpaired) electrons. The quantitative estimate of drug-likeness (QED) is 0.0283. The van der Waals surface area contributed by atoms with Crippen LogP contribution >= 0.6 is 0 Å². The molecule has 0 aromatic rings. The van der Waals surface area contributed by atoms with Crippen LogP contribution in [0.15, 0.2) is 85.1 Å². The van der Waals surface area contributed by atoms with Crippen LogP contribution in [0.1, 0.15) is 174 Å². The van der Waals surface area contributed by atoms with Crippen LogP contribution < -0.4 is 0 Å². The minimum atomic E-state index is -0.883. The highest BCUT2D eigenvalue weighted by molar-refractivity contribution is 5.72. The van der Waals surface area contributed by atoms with Gasteiger partial charge in [-0.3, -0.25) is 9.59 Å². The number of rotatable bonds is 41. The molecule has 0 spiro atoms. The fraction of sp³-hybridized carbons (Fsp3) is 0.673. The summed E-state index contributed by atoms with van der Waals surface area (Å²) in [6.45, 7) is 4.47. The number of allylic oxidation sites excluding steroid dienone is 14. The summed E-state index contributed by atoms with van der Waals surface area (Å²) < 4.78 is 17.3. The molecule has 1 N–H and O–H groups in total. The van der Waals surface area contributed by atoms with E-state index in [-0.39, 0.29) is 36.2 Å². The Morgan fingerprint density at radius 1 is 0.500 bits per heavy atom. The summed E-state index contributed by atoms with van der Waals surface area (Å²) in [4.78, 5) is 37.1. The zero-order valence-electron chi connectivity index (χ0n) is 38.9. The van der Waals surface area contributed by atoms with Crippen LogP contribution in [0.25, 0.3) is 0 Å². The minimum Gasteiger partial charge on any atom is -0.477 e. The summed E-state index contributed by atoms with van der Waals surface area (Å²) in [6.07, 6.45) is 54.9. The molecule has 0 heterocycles. The number of ether oxygens (including phenoxy) is 3. The smallest absolute Gasteiger partial charge is 0.362 e. The Bertz CT molecular complexity index is 1250. The lowest BCUT2D eigenvalue weighted by Crippen LogP contribution is -2.50. The van der Waals surface area contributed by atoms with E-state index in [1.807, 2.05) is 21.1 Å². The van der Waals surface area contributed by atoms with Gasteiger partial charge in [0.1, 0.15) is 6.61 Å². The van der Waals surface area contributed by atoms with Crippen molar-refractivity contribution in [3.63, 3.8) is 0 Å². The van der Waals surface area contributed by atoms with Crippen LogP contribution in [0.3, 0.4) is 0 Å². The summed E-state index contributed by atoms with van der Waals surface area (Å²) >= 11 is 0. The normalized spacial score (nSPS) is 13.7. The SMILES string of the molecule is CC/C=C/C/C=C/C/C=C/C/C=C/CCCCCCCCCCCC(=O)OCC(COCCC(C(=O)O)[N+](C)(C)C)OC(=O)CCCCCC/C=C/C/C=C/C/C=C/CC. The molecule has 0 bridgehead atoms. The molecule has 0 saturated heterocycles. The predicted molar refractivity (Wildman–Crippen MR) is 252 cm³/mol. The summed E-state index contributed by atoms with van der Waals surface area (Å²) in [5.41, 5.74) is 0. The van der Waals surface area contributed by atoms with Crippen molar-refractivity contribution in [2.24, 2.45) is 0 Å². The van der Waals surface area contributed by atoms with Gasteiger partial charge in [0.2, 0.25) is 0 Å². The first-order valence-corrected chi connectivity index (χ1v) is 23.6. The molecule has 0 aliphatic heterocycles. The van der Waals surface area contributed by atoms with Crippen molar-refractivity contribution in [1.82, 2.24) is 0 Å². The van der Waals surface area contributed by atoms with Gasteiger partial charge in [0.15, 0.2) is 12.1 Å². The van der Waals surface area contributed by atoms with E-state index in [1.54, 1.807) is 0 Å². The average Bonchev–Trinajstić information content (AvgIpc) is 3.21. The van der Waals surface area contributed by atoms with E-state index in [0.717, 1.165) is 103 Å². The van der Waals surface area contributed by atoms with Gasteiger partial charge in [0.25, 0.3) is 0 Å². The maximum atomic E-state index is 12.7. The molecule has 0 amide bonds. The molecular weight excluding hydrogens is 751 g/mol. The summed E-state index contributed by atoms with van der Waals surface area (Å²) in [6, 6.07) is -0.624. The Morgan fingerprint density at radius 2 is 0.883 bits per heavy atom. The summed E-state index contributed by atoms with van der Waals surface area (Å²) in [5.74, 6) is -1.51. The summed E-state index contributed by atoms with van der Waals surface area (Å²) in [7, 11) is 5.51. The van der Waals surface area contributed by atoms with Crippen molar-refractivity contribution < 1.29 is 38.2 Å². The third-order valence-electron chi connectivity index (χ3n) is 10.0. The van der Waals surface area contributed by atoms with Crippen LogP contribution in [-0.2, 0) is 28.6 Å². The van der Waals surface area contributed by atoms with E-state index in [2.05, 4.69) is 98.9 Å². The Kier molecular flexibility index (Phi) is 39.8. The molecule has 8 heteroatoms. The lowest BCUT2D eigenvalue weighted by molar-refractivity contribution is -0.887. The highest BCUT2D eigenvalue weighted by Crippen LogP contribution is 2.14. The molecule has 2 atom stereocenters. The number of quaternary nitrogens is 1. The number of carbonyl (C=O) groups is 3. The molecule has 8 nitrogen and oxygen atoms in total. The molecule has 0 aromatic carbocycles. The lowest BCUT2D eigenvalue weighted by atomic mass is 10.1. The number of hydrogen-bond acceptors (Lipinski definition) is 6. The molecule has 0 aliphatic rings. The van der Waals surface area contributed by atoms with Crippen molar-refractivity contribution in [2.45, 2.75) is 187 Å². The molecule has 342 valence electrons. The van der Waals surface area contributed by atoms with Crippen molar-refractivity contribution >= 4 is 17.9 Å². The van der Waals surface area contributed by atoms with Crippen molar-refractivity contribution in [3.05, 3.63) is 85.1 Å². The van der Waals surface area contributed by atoms with Gasteiger partial charge in [-0.15, -0.1) is 0 Å². The maximum absolute atomic E-state index is 12.7. The number of hydrogen-bond donors (Lipinski definition) is 1. The second kappa shape index (κ2) is 42.2. The topological polar surface area (TPSA) is 99.1 Å². The minimum absolute atomic E-state index is 0.0455. The zero-order valence-corrected chi connectivity index (χ0v) is 38.9. The first-order valence-electron chi connectivity index (χ1n) is 23.6. The van der Waals surface area contributed by atoms with Crippen LogP contribution in [0.5, 0.6) is 0 Å². The van der Waals surface area contributed by atoms with Crippen LogP contribution in [-0.4, -0.2) is 80.6 Å². The van der Waals surface area contributed by atoms with Gasteiger partial charge >= 0.3 is 17.9 Å². The Hall–Kier alpha value is -3.49. The predicted octanol–water partition coefficient (Wildman–Crippen LogP) is 13.3. The highest BCUT2D eigenvalue weighted by atomic mass is 16.6. The number of likely N-dealkylation sites (N-methyl/N-ethyl adjacent to an activating group) is 1. The van der Waals surface area contributed by atoms with Crippen molar-refractivity contribution in [3.8, 4) is 0 Å². The molecule has 0 aliphatic carbocycles. The molecule has 60 heavy (non-hydrogen) atoms. The second-order valence-corrected chi connectivity index (χ2v) is 16.6. The largest absolute Gasteiger partial charge is 0.477 e. The zero-order chi connectivity index (χ0) is 44.2. The standard InChI is InChI=1S/C52H87NO7/c1-6-8-10-12-14-16-18-20-22-23-24-25-26-27-28-29-31-32-34-36-38-40-42-50(54)59-47-48(46-58-45-44-49(52(56)57)53(3,4)5)60-51(55)43-41-39-37-35-33-30-21-19-17-15-13-11-9-7-2/h8-11,14-17,20-22,24-25,30,48-49H,6-7,12-13,18-19,23,26-29,31-47H2,1-5H3/p+1/b10-8+,11-9+,16-14+,17-15+,22-20+,25-24+,30-21+. The van der Waals surface area contributed by atoms with Gasteiger partial charge in [-0.25, -0.2) is 4.79 Å². The van der Waals surface area contributed by atoms with E-state index in [9.17, 15) is 19.5 Å². The molecule has 0 saturated carbocycles. The molecule has 0 fully saturated rings. The van der Waals surface area contributed by atoms with Gasteiger partial charge in [-0.1, -0.05) is 157 Å². The Balaban J connectivity index is 4.30. The average molecular weight is 839 g/mol. The van der Waals surface area contributed by atoms with Gasteiger partial charge in [-0.05, 0) is 83.5 Å². The van der Waals surface area contributed by atoms with Crippen molar-refractivity contribution in [2.75, 3.05) is 41.0 Å². The molecular formula is C52H88NO7+. The van der Waals surface area contributed by atoms with E-state index in [1.165, 1.54) is 38.5 Å². The number of carboxylic acid groups (broad SMARTS) is 1. The van der Waals surface area contributed by atoms with E-state index in [0.29, 0.717) is 19.3 Å². The van der Waals surface area contributed by atoms with E-state index < -0.39 is 18.1 Å². The van der Waals surface area contributed by atoms with Gasteiger partial charge in [0.05, 0.1) is 34.4 Å². The fourth-order valence-electron chi connectivity index (χ4n) is 6.45. The number of nitrogens with zero attached hydrogens (tertiary/aromatic N) is 1.